The zero-order valence-electron chi connectivity index (χ0n) is 11.3. The zero-order valence-corrected chi connectivity index (χ0v) is 11.3. The topological polar surface area (TPSA) is 98.3 Å². The van der Waals surface area contributed by atoms with Crippen LogP contribution >= 0.6 is 0 Å². The molecular weight excluding hydrogens is 246 g/mol. The molecule has 0 fully saturated rings. The smallest absolute Gasteiger partial charge is 0.269 e. The molecule has 104 valence electrons. The van der Waals surface area contributed by atoms with Crippen molar-refractivity contribution < 1.29 is 9.72 Å². The van der Waals surface area contributed by atoms with Crippen LogP contribution in [0.1, 0.15) is 31.1 Å². The highest BCUT2D eigenvalue weighted by molar-refractivity contribution is 5.94. The van der Waals surface area contributed by atoms with E-state index in [-0.39, 0.29) is 23.1 Å². The summed E-state index contributed by atoms with van der Waals surface area (Å²) in [4.78, 5) is 22.0. The molecule has 6 heteroatoms. The summed E-state index contributed by atoms with van der Waals surface area (Å²) in [5.41, 5.74) is 5.84. The average Bonchev–Trinajstić information content (AvgIpc) is 2.34. The summed E-state index contributed by atoms with van der Waals surface area (Å²) in [7, 11) is 0. The maximum Gasteiger partial charge on any atom is 0.269 e. The van der Waals surface area contributed by atoms with Gasteiger partial charge in [0.25, 0.3) is 11.6 Å². The van der Waals surface area contributed by atoms with Gasteiger partial charge in [-0.15, -0.1) is 0 Å². The number of benzene rings is 1. The van der Waals surface area contributed by atoms with Crippen LogP contribution in [0.2, 0.25) is 0 Å². The van der Waals surface area contributed by atoms with E-state index in [1.807, 2.05) is 20.8 Å². The maximum atomic E-state index is 12.0. The number of nitrogens with one attached hydrogen (secondary N) is 1. The molecule has 0 aliphatic rings. The van der Waals surface area contributed by atoms with Crippen molar-refractivity contribution in [1.82, 2.24) is 5.32 Å². The van der Waals surface area contributed by atoms with Crippen molar-refractivity contribution in [2.24, 2.45) is 11.1 Å². The predicted octanol–water partition coefficient (Wildman–Crippen LogP) is 1.70. The molecule has 0 aliphatic carbocycles. The van der Waals surface area contributed by atoms with Crippen LogP contribution in [0.4, 0.5) is 5.69 Å². The Labute approximate surface area is 112 Å². The lowest BCUT2D eigenvalue weighted by Gasteiger charge is -2.30. The lowest BCUT2D eigenvalue weighted by Crippen LogP contribution is -2.48. The molecule has 0 heterocycles. The SMILES string of the molecule is CC(C)(C)C(CN)NC(=O)c1ccc([N+](=O)[O-])cc1. The minimum Gasteiger partial charge on any atom is -0.348 e. The first-order valence-corrected chi connectivity index (χ1v) is 6.01. The zero-order chi connectivity index (χ0) is 14.6. The van der Waals surface area contributed by atoms with E-state index in [2.05, 4.69) is 5.32 Å². The number of carbonyl (C=O) groups is 1. The number of hydrogen-bond acceptors (Lipinski definition) is 4. The summed E-state index contributed by atoms with van der Waals surface area (Å²) in [6.45, 7) is 6.30. The number of nitro groups is 1. The van der Waals surface area contributed by atoms with Gasteiger partial charge in [-0.3, -0.25) is 14.9 Å². The van der Waals surface area contributed by atoms with Gasteiger partial charge in [0, 0.05) is 30.3 Å². The molecule has 1 aromatic rings. The molecule has 19 heavy (non-hydrogen) atoms. The van der Waals surface area contributed by atoms with Crippen molar-refractivity contribution >= 4 is 11.6 Å². The van der Waals surface area contributed by atoms with E-state index in [1.165, 1.54) is 24.3 Å². The molecule has 0 bridgehead atoms. The van der Waals surface area contributed by atoms with Gasteiger partial charge in [0.1, 0.15) is 0 Å². The second kappa shape index (κ2) is 5.79. The van der Waals surface area contributed by atoms with Crippen LogP contribution in [-0.4, -0.2) is 23.4 Å². The first-order chi connectivity index (χ1) is 8.75. The minimum atomic E-state index is -0.500. The largest absolute Gasteiger partial charge is 0.348 e. The van der Waals surface area contributed by atoms with E-state index in [0.717, 1.165) is 0 Å². The number of amides is 1. The molecule has 6 nitrogen and oxygen atoms in total. The molecule has 1 unspecified atom stereocenters. The Morgan fingerprint density at radius 1 is 1.37 bits per heavy atom. The van der Waals surface area contributed by atoms with Crippen LogP contribution in [0.5, 0.6) is 0 Å². The summed E-state index contributed by atoms with van der Waals surface area (Å²) < 4.78 is 0. The molecule has 0 spiro atoms. The van der Waals surface area contributed by atoms with Crippen LogP contribution in [-0.2, 0) is 0 Å². The van der Waals surface area contributed by atoms with Crippen molar-refractivity contribution in [3.05, 3.63) is 39.9 Å². The fraction of sp³-hybridized carbons (Fsp3) is 0.462. The number of rotatable bonds is 4. The van der Waals surface area contributed by atoms with Gasteiger partial charge < -0.3 is 11.1 Å². The molecule has 1 rings (SSSR count). The molecule has 0 saturated heterocycles. The molecular formula is C13H19N3O3. The van der Waals surface area contributed by atoms with Crippen LogP contribution < -0.4 is 11.1 Å². The molecule has 0 aromatic heterocycles. The fourth-order valence-electron chi connectivity index (χ4n) is 1.61. The highest BCUT2D eigenvalue weighted by Crippen LogP contribution is 2.19. The minimum absolute atomic E-state index is 0.0391. The number of non-ortho nitro benzene ring substituents is 1. The van der Waals surface area contributed by atoms with Crippen molar-refractivity contribution in [1.29, 1.82) is 0 Å². The Hall–Kier alpha value is -1.95. The Balaban J connectivity index is 2.80. The van der Waals surface area contributed by atoms with Crippen LogP contribution in [0.3, 0.4) is 0 Å². The van der Waals surface area contributed by atoms with Crippen molar-refractivity contribution in [2.75, 3.05) is 6.54 Å². The Morgan fingerprint density at radius 2 is 1.89 bits per heavy atom. The second-order valence-corrected chi connectivity index (χ2v) is 5.43. The van der Waals surface area contributed by atoms with Gasteiger partial charge in [-0.2, -0.15) is 0 Å². The Morgan fingerprint density at radius 3 is 2.26 bits per heavy atom. The van der Waals surface area contributed by atoms with Crippen molar-refractivity contribution in [3.8, 4) is 0 Å². The predicted molar refractivity (Wildman–Crippen MR) is 72.9 cm³/mol. The van der Waals surface area contributed by atoms with Crippen molar-refractivity contribution in [2.45, 2.75) is 26.8 Å². The van der Waals surface area contributed by atoms with E-state index in [0.29, 0.717) is 12.1 Å². The molecule has 1 aromatic carbocycles. The van der Waals surface area contributed by atoms with Gasteiger partial charge in [0.05, 0.1) is 4.92 Å². The van der Waals surface area contributed by atoms with Crippen LogP contribution in [0, 0.1) is 15.5 Å². The Kier molecular flexibility index (Phi) is 4.61. The third-order valence-electron chi connectivity index (χ3n) is 2.93. The maximum absolute atomic E-state index is 12.0. The number of carbonyl (C=O) groups excluding carboxylic acids is 1. The number of nitro benzene ring substituents is 1. The monoisotopic (exact) mass is 265 g/mol. The Bertz CT molecular complexity index is 463. The number of hydrogen-bond donors (Lipinski definition) is 2. The number of nitrogens with zero attached hydrogens (tertiary/aromatic N) is 1. The van der Waals surface area contributed by atoms with Gasteiger partial charge >= 0.3 is 0 Å². The fourth-order valence-corrected chi connectivity index (χ4v) is 1.61. The van der Waals surface area contributed by atoms with Gasteiger partial charge in [-0.1, -0.05) is 20.8 Å². The van der Waals surface area contributed by atoms with Crippen LogP contribution in [0.25, 0.3) is 0 Å². The van der Waals surface area contributed by atoms with E-state index in [9.17, 15) is 14.9 Å². The summed E-state index contributed by atoms with van der Waals surface area (Å²) >= 11 is 0. The van der Waals surface area contributed by atoms with E-state index < -0.39 is 4.92 Å². The highest BCUT2D eigenvalue weighted by Gasteiger charge is 2.25. The third-order valence-corrected chi connectivity index (χ3v) is 2.93. The van der Waals surface area contributed by atoms with Gasteiger partial charge in [0.2, 0.25) is 0 Å². The second-order valence-electron chi connectivity index (χ2n) is 5.43. The average molecular weight is 265 g/mol. The quantitative estimate of drug-likeness (QED) is 0.639. The van der Waals surface area contributed by atoms with E-state index in [4.69, 9.17) is 5.73 Å². The molecule has 0 saturated carbocycles. The van der Waals surface area contributed by atoms with Crippen molar-refractivity contribution in [3.63, 3.8) is 0 Å². The van der Waals surface area contributed by atoms with E-state index >= 15 is 0 Å². The highest BCUT2D eigenvalue weighted by atomic mass is 16.6. The standard InChI is InChI=1S/C13H19N3O3/c1-13(2,3)11(8-14)15-12(17)9-4-6-10(7-5-9)16(18)19/h4-7,11H,8,14H2,1-3H3,(H,15,17). The molecule has 3 N–H and O–H groups in total. The van der Waals surface area contributed by atoms with Crippen LogP contribution in [0.15, 0.2) is 24.3 Å². The summed E-state index contributed by atoms with van der Waals surface area (Å²) in [5.74, 6) is -0.278. The first-order valence-electron chi connectivity index (χ1n) is 6.01. The molecule has 0 aliphatic heterocycles. The normalized spacial score (nSPS) is 12.8. The van der Waals surface area contributed by atoms with Gasteiger partial charge in [-0.05, 0) is 17.5 Å². The summed E-state index contributed by atoms with van der Waals surface area (Å²) in [6, 6.07) is 5.33. The lowest BCUT2D eigenvalue weighted by atomic mass is 9.86. The summed E-state index contributed by atoms with van der Waals surface area (Å²) in [6.07, 6.45) is 0. The van der Waals surface area contributed by atoms with Gasteiger partial charge in [-0.25, -0.2) is 0 Å². The van der Waals surface area contributed by atoms with Gasteiger partial charge in [0.15, 0.2) is 0 Å². The summed E-state index contributed by atoms with van der Waals surface area (Å²) in [5, 5.41) is 13.4. The molecule has 1 amide bonds. The first kappa shape index (κ1) is 15.1. The number of nitrogens with two attached hydrogens (primary N) is 1. The molecule has 1 atom stereocenters. The third kappa shape index (κ3) is 4.03. The lowest BCUT2D eigenvalue weighted by molar-refractivity contribution is -0.384. The molecule has 0 radical (unpaired) electrons. The van der Waals surface area contributed by atoms with E-state index in [1.54, 1.807) is 0 Å².